The minimum absolute atomic E-state index is 0. The summed E-state index contributed by atoms with van der Waals surface area (Å²) < 4.78 is 40.3. The van der Waals surface area contributed by atoms with Crippen LogP contribution in [-0.2, 0) is 0 Å². The molecule has 130 valence electrons. The van der Waals surface area contributed by atoms with Crippen LogP contribution in [0, 0.1) is 5.92 Å². The third-order valence-corrected chi connectivity index (χ3v) is 3.70. The molecule has 2 rings (SSSR count). The van der Waals surface area contributed by atoms with E-state index in [4.69, 9.17) is 5.73 Å². The molecule has 0 aliphatic heterocycles. The maximum Gasteiger partial charge on any atom is 0.573 e. The lowest BCUT2D eigenvalue weighted by atomic mass is 9.86. The summed E-state index contributed by atoms with van der Waals surface area (Å²) in [4.78, 5) is 12.0. The van der Waals surface area contributed by atoms with Crippen molar-refractivity contribution in [2.45, 2.75) is 38.1 Å². The van der Waals surface area contributed by atoms with Gasteiger partial charge in [-0.2, -0.15) is 0 Å². The topological polar surface area (TPSA) is 64.3 Å². The molecule has 0 bridgehead atoms. The van der Waals surface area contributed by atoms with E-state index in [0.29, 0.717) is 12.5 Å². The number of halogens is 4. The molecule has 1 amide bonds. The largest absolute Gasteiger partial charge is 0.573 e. The molecule has 0 aromatic heterocycles. The summed E-state index contributed by atoms with van der Waals surface area (Å²) in [6.45, 7) is 0.483. The second-order valence-corrected chi connectivity index (χ2v) is 5.58. The van der Waals surface area contributed by atoms with Gasteiger partial charge in [0.25, 0.3) is 5.91 Å². The molecule has 0 spiro atoms. The molecule has 23 heavy (non-hydrogen) atoms. The summed E-state index contributed by atoms with van der Waals surface area (Å²) in [5.41, 5.74) is 6.03. The lowest BCUT2D eigenvalue weighted by molar-refractivity contribution is -0.274. The van der Waals surface area contributed by atoms with Crippen LogP contribution >= 0.6 is 12.4 Å². The first-order valence-corrected chi connectivity index (χ1v) is 7.23. The van der Waals surface area contributed by atoms with Crippen LogP contribution in [0.3, 0.4) is 0 Å². The fourth-order valence-corrected chi connectivity index (χ4v) is 2.69. The number of hydrogen-bond donors (Lipinski definition) is 2. The number of carbonyl (C=O) groups excluding carboxylic acids is 1. The van der Waals surface area contributed by atoms with Crippen LogP contribution in [0.25, 0.3) is 0 Å². The van der Waals surface area contributed by atoms with Crippen LogP contribution in [0.2, 0.25) is 0 Å². The molecule has 1 saturated carbocycles. The first-order valence-electron chi connectivity index (χ1n) is 7.23. The Morgan fingerprint density at radius 2 is 2.09 bits per heavy atom. The van der Waals surface area contributed by atoms with Gasteiger partial charge in [-0.3, -0.25) is 4.79 Å². The lowest BCUT2D eigenvalue weighted by Crippen LogP contribution is -2.35. The molecule has 1 aromatic carbocycles. The standard InChI is InChI=1S/C15H19F3N2O2.ClH/c16-15(17,18)22-13-6-2-4-11(8-13)14(21)20-9-10-3-1-5-12(19)7-10;/h2,4,6,8,10,12H,1,3,5,7,9,19H2,(H,20,21);1H. The summed E-state index contributed by atoms with van der Waals surface area (Å²) >= 11 is 0. The van der Waals surface area contributed by atoms with Gasteiger partial charge in [-0.05, 0) is 43.4 Å². The van der Waals surface area contributed by atoms with Crippen molar-refractivity contribution in [3.63, 3.8) is 0 Å². The van der Waals surface area contributed by atoms with Crippen LogP contribution in [0.5, 0.6) is 5.75 Å². The van der Waals surface area contributed by atoms with Crippen molar-refractivity contribution in [2.75, 3.05) is 6.54 Å². The van der Waals surface area contributed by atoms with Crippen molar-refractivity contribution >= 4 is 18.3 Å². The minimum atomic E-state index is -4.77. The van der Waals surface area contributed by atoms with Gasteiger partial charge in [0, 0.05) is 18.2 Å². The Bertz CT molecular complexity index is 526. The smallest absolute Gasteiger partial charge is 0.406 e. The first kappa shape index (κ1) is 19.6. The van der Waals surface area contributed by atoms with Crippen molar-refractivity contribution < 1.29 is 22.7 Å². The zero-order chi connectivity index (χ0) is 16.2. The van der Waals surface area contributed by atoms with E-state index in [0.717, 1.165) is 37.8 Å². The SMILES string of the molecule is Cl.NC1CCCC(CNC(=O)c2cccc(OC(F)(F)F)c2)C1. The van der Waals surface area contributed by atoms with Gasteiger partial charge in [0.05, 0.1) is 0 Å². The third-order valence-electron chi connectivity index (χ3n) is 3.70. The van der Waals surface area contributed by atoms with E-state index in [1.54, 1.807) is 0 Å². The van der Waals surface area contributed by atoms with Gasteiger partial charge in [0.2, 0.25) is 0 Å². The number of alkyl halides is 3. The van der Waals surface area contributed by atoms with E-state index >= 15 is 0 Å². The Labute approximate surface area is 139 Å². The summed E-state index contributed by atoms with van der Waals surface area (Å²) in [7, 11) is 0. The molecular formula is C15H20ClF3N2O2. The average molecular weight is 353 g/mol. The van der Waals surface area contributed by atoms with Gasteiger partial charge in [0.1, 0.15) is 5.75 Å². The highest BCUT2D eigenvalue weighted by atomic mass is 35.5. The highest BCUT2D eigenvalue weighted by Gasteiger charge is 2.31. The minimum Gasteiger partial charge on any atom is -0.406 e. The normalized spacial score (nSPS) is 21.2. The number of nitrogens with two attached hydrogens (primary N) is 1. The van der Waals surface area contributed by atoms with E-state index in [2.05, 4.69) is 10.1 Å². The van der Waals surface area contributed by atoms with Gasteiger partial charge in [-0.15, -0.1) is 25.6 Å². The number of hydrogen-bond acceptors (Lipinski definition) is 3. The second kappa shape index (κ2) is 8.40. The van der Waals surface area contributed by atoms with Crippen molar-refractivity contribution in [3.8, 4) is 5.75 Å². The predicted octanol–water partition coefficient (Wildman–Crippen LogP) is 3.25. The van der Waals surface area contributed by atoms with Gasteiger partial charge < -0.3 is 15.8 Å². The van der Waals surface area contributed by atoms with Crippen LogP contribution in [0.4, 0.5) is 13.2 Å². The number of nitrogens with one attached hydrogen (secondary N) is 1. The Morgan fingerprint density at radius 1 is 1.35 bits per heavy atom. The van der Waals surface area contributed by atoms with E-state index in [9.17, 15) is 18.0 Å². The molecule has 8 heteroatoms. The summed E-state index contributed by atoms with van der Waals surface area (Å²) in [5.74, 6) is -0.492. The average Bonchev–Trinajstić information content (AvgIpc) is 2.43. The third kappa shape index (κ3) is 6.66. The summed E-state index contributed by atoms with van der Waals surface area (Å²) in [6.07, 6.45) is -0.867. The van der Waals surface area contributed by atoms with Gasteiger partial charge in [-0.1, -0.05) is 12.5 Å². The maximum absolute atomic E-state index is 12.2. The first-order chi connectivity index (χ1) is 10.3. The number of rotatable bonds is 4. The summed E-state index contributed by atoms with van der Waals surface area (Å²) in [5, 5.41) is 2.75. The van der Waals surface area contributed by atoms with Gasteiger partial charge in [-0.25, -0.2) is 0 Å². The zero-order valence-electron chi connectivity index (χ0n) is 12.4. The molecular weight excluding hydrogens is 333 g/mol. The van der Waals surface area contributed by atoms with Crippen molar-refractivity contribution in [3.05, 3.63) is 29.8 Å². The van der Waals surface area contributed by atoms with Crippen LogP contribution < -0.4 is 15.8 Å². The van der Waals surface area contributed by atoms with Crippen molar-refractivity contribution in [1.29, 1.82) is 0 Å². The molecule has 2 atom stereocenters. The molecule has 0 heterocycles. The van der Waals surface area contributed by atoms with Crippen molar-refractivity contribution in [1.82, 2.24) is 5.32 Å². The second-order valence-electron chi connectivity index (χ2n) is 5.58. The van der Waals surface area contributed by atoms with E-state index in [-0.39, 0.29) is 24.0 Å². The molecule has 1 fully saturated rings. The van der Waals surface area contributed by atoms with Crippen LogP contribution in [0.15, 0.2) is 24.3 Å². The molecule has 3 N–H and O–H groups in total. The zero-order valence-corrected chi connectivity index (χ0v) is 13.3. The molecule has 1 aliphatic rings. The van der Waals surface area contributed by atoms with Crippen molar-refractivity contribution in [2.24, 2.45) is 11.7 Å². The number of benzene rings is 1. The van der Waals surface area contributed by atoms with E-state index < -0.39 is 18.0 Å². The Hall–Kier alpha value is -1.47. The molecule has 1 aliphatic carbocycles. The fourth-order valence-electron chi connectivity index (χ4n) is 2.69. The Balaban J connectivity index is 0.00000264. The van der Waals surface area contributed by atoms with Gasteiger partial charge in [0.15, 0.2) is 0 Å². The number of ether oxygens (including phenoxy) is 1. The van der Waals surface area contributed by atoms with Gasteiger partial charge >= 0.3 is 6.36 Å². The van der Waals surface area contributed by atoms with E-state index in [1.165, 1.54) is 12.1 Å². The summed E-state index contributed by atoms with van der Waals surface area (Å²) in [6, 6.07) is 5.21. The van der Waals surface area contributed by atoms with Crippen LogP contribution in [-0.4, -0.2) is 24.9 Å². The lowest BCUT2D eigenvalue weighted by Gasteiger charge is -2.26. The molecule has 1 aromatic rings. The van der Waals surface area contributed by atoms with E-state index in [1.807, 2.05) is 0 Å². The molecule has 0 radical (unpaired) electrons. The number of amides is 1. The predicted molar refractivity (Wildman–Crippen MR) is 82.6 cm³/mol. The molecule has 4 nitrogen and oxygen atoms in total. The Kier molecular flexibility index (Phi) is 7.15. The Morgan fingerprint density at radius 3 is 2.74 bits per heavy atom. The molecule has 0 saturated heterocycles. The van der Waals surface area contributed by atoms with Crippen LogP contribution in [0.1, 0.15) is 36.0 Å². The quantitative estimate of drug-likeness (QED) is 0.874. The monoisotopic (exact) mass is 352 g/mol. The highest BCUT2D eigenvalue weighted by molar-refractivity contribution is 5.94. The maximum atomic E-state index is 12.2. The highest BCUT2D eigenvalue weighted by Crippen LogP contribution is 2.24. The number of carbonyl (C=O) groups is 1. The molecule has 2 unspecified atom stereocenters. The fraction of sp³-hybridized carbons (Fsp3) is 0.533.